The first-order valence-electron chi connectivity index (χ1n) is 7.78. The Balaban J connectivity index is 2.01. The maximum atomic E-state index is 12.2. The molecule has 0 aliphatic carbocycles. The number of amides is 1. The predicted octanol–water partition coefficient (Wildman–Crippen LogP) is 4.85. The summed E-state index contributed by atoms with van der Waals surface area (Å²) in [6, 6.07) is 7.44. The fraction of sp³-hybridized carbons (Fsp3) is 0.222. The molecule has 144 valence electrons. The molecule has 27 heavy (non-hydrogen) atoms. The summed E-state index contributed by atoms with van der Waals surface area (Å²) in [5.41, 5.74) is 0.404. The van der Waals surface area contributed by atoms with E-state index < -0.39 is 18.5 Å². The Morgan fingerprint density at radius 1 is 1.04 bits per heavy atom. The molecule has 2 aromatic carbocycles. The summed E-state index contributed by atoms with van der Waals surface area (Å²) in [5.74, 6) is -0.410. The molecule has 0 aliphatic heterocycles. The summed E-state index contributed by atoms with van der Waals surface area (Å²) >= 11 is 17.8. The number of ether oxygens (including phenoxy) is 3. The number of benzene rings is 2. The summed E-state index contributed by atoms with van der Waals surface area (Å²) in [4.78, 5) is 24.2. The molecule has 0 bridgehead atoms. The maximum absolute atomic E-state index is 12.2. The van der Waals surface area contributed by atoms with Crippen molar-refractivity contribution in [3.8, 4) is 11.5 Å². The first kappa shape index (κ1) is 21.2. The van der Waals surface area contributed by atoms with Crippen LogP contribution in [0.2, 0.25) is 15.1 Å². The van der Waals surface area contributed by atoms with Crippen LogP contribution >= 0.6 is 34.8 Å². The van der Waals surface area contributed by atoms with Crippen LogP contribution < -0.4 is 14.8 Å². The van der Waals surface area contributed by atoms with Crippen LogP contribution in [0.25, 0.3) is 0 Å². The van der Waals surface area contributed by atoms with Crippen LogP contribution in [0.1, 0.15) is 17.3 Å². The van der Waals surface area contributed by atoms with Crippen LogP contribution in [0.15, 0.2) is 30.3 Å². The predicted molar refractivity (Wildman–Crippen MR) is 105 cm³/mol. The van der Waals surface area contributed by atoms with E-state index in [0.29, 0.717) is 23.1 Å². The van der Waals surface area contributed by atoms with Crippen molar-refractivity contribution in [1.29, 1.82) is 0 Å². The zero-order valence-electron chi connectivity index (χ0n) is 14.5. The van der Waals surface area contributed by atoms with Crippen molar-refractivity contribution >= 4 is 52.4 Å². The lowest BCUT2D eigenvalue weighted by molar-refractivity contribution is -0.119. The van der Waals surface area contributed by atoms with E-state index in [0.717, 1.165) is 0 Å². The minimum atomic E-state index is -0.693. The average molecular weight is 433 g/mol. The number of rotatable bonds is 7. The van der Waals surface area contributed by atoms with Gasteiger partial charge in [-0.1, -0.05) is 34.8 Å². The van der Waals surface area contributed by atoms with Crippen molar-refractivity contribution < 1.29 is 23.8 Å². The lowest BCUT2D eigenvalue weighted by atomic mass is 10.2. The second kappa shape index (κ2) is 9.69. The zero-order chi connectivity index (χ0) is 20.0. The van der Waals surface area contributed by atoms with Crippen LogP contribution in [0, 0.1) is 0 Å². The van der Waals surface area contributed by atoms with E-state index in [9.17, 15) is 9.59 Å². The minimum Gasteiger partial charge on any atom is -0.493 e. The molecule has 0 saturated carbocycles. The second-order valence-electron chi connectivity index (χ2n) is 5.17. The van der Waals surface area contributed by atoms with Gasteiger partial charge in [0, 0.05) is 5.02 Å². The second-order valence-corrected chi connectivity index (χ2v) is 6.42. The van der Waals surface area contributed by atoms with Gasteiger partial charge in [-0.15, -0.1) is 0 Å². The van der Waals surface area contributed by atoms with Gasteiger partial charge < -0.3 is 19.5 Å². The third kappa shape index (κ3) is 5.66. The molecular weight excluding hydrogens is 417 g/mol. The van der Waals surface area contributed by atoms with E-state index in [1.165, 1.54) is 31.4 Å². The normalized spacial score (nSPS) is 10.3. The summed E-state index contributed by atoms with van der Waals surface area (Å²) in [7, 11) is 1.49. The molecule has 2 rings (SSSR count). The van der Waals surface area contributed by atoms with Gasteiger partial charge in [0.15, 0.2) is 18.1 Å². The van der Waals surface area contributed by atoms with Crippen LogP contribution in [0.5, 0.6) is 11.5 Å². The van der Waals surface area contributed by atoms with E-state index in [-0.39, 0.29) is 21.3 Å². The highest BCUT2D eigenvalue weighted by Gasteiger charge is 2.16. The standard InChI is InChI=1S/C18H16Cl3NO5/c1-3-26-15-6-10(4-5-14(15)25-2)18(24)27-9-16(23)22-17-12(20)7-11(19)8-13(17)21/h4-8H,3,9H2,1-2H3,(H,22,23). The Hall–Kier alpha value is -2.15. The van der Waals surface area contributed by atoms with Crippen molar-refractivity contribution in [2.24, 2.45) is 0 Å². The highest BCUT2D eigenvalue weighted by atomic mass is 35.5. The molecule has 9 heteroatoms. The molecule has 0 radical (unpaired) electrons. The van der Waals surface area contributed by atoms with E-state index in [4.69, 9.17) is 49.0 Å². The molecule has 0 spiro atoms. The minimum absolute atomic E-state index is 0.170. The molecular formula is C18H16Cl3NO5. The van der Waals surface area contributed by atoms with E-state index in [1.54, 1.807) is 6.07 Å². The van der Waals surface area contributed by atoms with Crippen LogP contribution in [0.4, 0.5) is 5.69 Å². The van der Waals surface area contributed by atoms with Gasteiger partial charge in [-0.05, 0) is 37.3 Å². The molecule has 1 amide bonds. The number of carbonyl (C=O) groups is 2. The van der Waals surface area contributed by atoms with Gasteiger partial charge in [0.05, 0.1) is 35.0 Å². The van der Waals surface area contributed by atoms with Gasteiger partial charge in [-0.25, -0.2) is 4.79 Å². The summed E-state index contributed by atoms with van der Waals surface area (Å²) in [6.07, 6.45) is 0. The number of hydrogen-bond donors (Lipinski definition) is 1. The molecule has 0 aliphatic rings. The lowest BCUT2D eigenvalue weighted by Gasteiger charge is -2.12. The molecule has 0 fully saturated rings. The summed E-state index contributed by atoms with van der Waals surface area (Å²) < 4.78 is 15.6. The number of methoxy groups -OCH3 is 1. The van der Waals surface area contributed by atoms with Gasteiger partial charge in [-0.2, -0.15) is 0 Å². The number of halogens is 3. The maximum Gasteiger partial charge on any atom is 0.338 e. The fourth-order valence-corrected chi connectivity index (χ4v) is 3.03. The monoisotopic (exact) mass is 431 g/mol. The Bertz CT molecular complexity index is 834. The third-order valence-electron chi connectivity index (χ3n) is 3.30. The summed E-state index contributed by atoms with van der Waals surface area (Å²) in [6.45, 7) is 1.69. The van der Waals surface area contributed by atoms with Gasteiger partial charge in [-0.3, -0.25) is 4.79 Å². The largest absolute Gasteiger partial charge is 0.493 e. The third-order valence-corrected chi connectivity index (χ3v) is 4.12. The van der Waals surface area contributed by atoms with Crippen molar-refractivity contribution in [1.82, 2.24) is 0 Å². The van der Waals surface area contributed by atoms with E-state index in [1.807, 2.05) is 6.92 Å². The molecule has 1 N–H and O–H groups in total. The van der Waals surface area contributed by atoms with Gasteiger partial charge in [0.2, 0.25) is 0 Å². The number of anilines is 1. The van der Waals surface area contributed by atoms with Crippen molar-refractivity contribution in [2.45, 2.75) is 6.92 Å². The number of hydrogen-bond acceptors (Lipinski definition) is 5. The van der Waals surface area contributed by atoms with E-state index >= 15 is 0 Å². The number of esters is 1. The lowest BCUT2D eigenvalue weighted by Crippen LogP contribution is -2.21. The zero-order valence-corrected chi connectivity index (χ0v) is 16.7. The van der Waals surface area contributed by atoms with Gasteiger partial charge in [0.1, 0.15) is 0 Å². The first-order chi connectivity index (χ1) is 12.8. The van der Waals surface area contributed by atoms with Crippen molar-refractivity contribution in [3.05, 3.63) is 51.0 Å². The molecule has 0 atom stereocenters. The van der Waals surface area contributed by atoms with Gasteiger partial charge in [0.25, 0.3) is 5.91 Å². The smallest absolute Gasteiger partial charge is 0.338 e. The average Bonchev–Trinajstić information content (AvgIpc) is 2.63. The SMILES string of the molecule is CCOc1cc(C(=O)OCC(=O)Nc2c(Cl)cc(Cl)cc2Cl)ccc1OC. The fourth-order valence-electron chi connectivity index (χ4n) is 2.12. The number of carbonyl (C=O) groups excluding carboxylic acids is 2. The highest BCUT2D eigenvalue weighted by molar-refractivity contribution is 6.42. The molecule has 0 unspecified atom stereocenters. The quantitative estimate of drug-likeness (QED) is 0.633. The van der Waals surface area contributed by atoms with Crippen LogP contribution in [-0.4, -0.2) is 32.2 Å². The molecule has 0 heterocycles. The van der Waals surface area contributed by atoms with Crippen molar-refractivity contribution in [2.75, 3.05) is 25.6 Å². The molecule has 0 aromatic heterocycles. The van der Waals surface area contributed by atoms with E-state index in [2.05, 4.69) is 5.32 Å². The molecule has 0 saturated heterocycles. The Morgan fingerprint density at radius 2 is 1.70 bits per heavy atom. The van der Waals surface area contributed by atoms with Crippen LogP contribution in [0.3, 0.4) is 0 Å². The van der Waals surface area contributed by atoms with Gasteiger partial charge >= 0.3 is 5.97 Å². The number of nitrogens with one attached hydrogen (secondary N) is 1. The van der Waals surface area contributed by atoms with Crippen molar-refractivity contribution in [3.63, 3.8) is 0 Å². The topological polar surface area (TPSA) is 73.9 Å². The molecule has 2 aromatic rings. The summed E-state index contributed by atoms with van der Waals surface area (Å²) in [5, 5.41) is 3.15. The Labute approximate surface area is 171 Å². The van der Waals surface area contributed by atoms with Crippen LogP contribution in [-0.2, 0) is 9.53 Å². The highest BCUT2D eigenvalue weighted by Crippen LogP contribution is 2.33. The Morgan fingerprint density at radius 3 is 2.30 bits per heavy atom. The Kier molecular flexibility index (Phi) is 7.59. The first-order valence-corrected chi connectivity index (χ1v) is 8.91. The molecule has 6 nitrogen and oxygen atoms in total.